The maximum Gasteiger partial charge on any atom is 0.262 e. The molecule has 5 rings (SSSR count). The average molecular weight is 587 g/mol. The van der Waals surface area contributed by atoms with Gasteiger partial charge in [-0.1, -0.05) is 41.9 Å². The maximum atomic E-state index is 13.5. The molecule has 1 aromatic heterocycles. The van der Waals surface area contributed by atoms with Crippen molar-refractivity contribution in [2.75, 3.05) is 55.4 Å². The van der Waals surface area contributed by atoms with Gasteiger partial charge in [-0.2, -0.15) is 4.98 Å². The van der Waals surface area contributed by atoms with Crippen molar-refractivity contribution >= 4 is 40.5 Å². The lowest BCUT2D eigenvalue weighted by Crippen LogP contribution is -2.44. The van der Waals surface area contributed by atoms with E-state index >= 15 is 0 Å². The molecule has 3 aromatic carbocycles. The molecule has 0 bridgehead atoms. The molecule has 0 aliphatic carbocycles. The van der Waals surface area contributed by atoms with E-state index < -0.39 is 0 Å². The van der Waals surface area contributed by atoms with E-state index in [9.17, 15) is 4.79 Å². The van der Waals surface area contributed by atoms with Gasteiger partial charge in [-0.25, -0.2) is 4.98 Å². The molecule has 0 atom stereocenters. The normalized spacial score (nSPS) is 13.5. The number of piperazine rings is 1. The van der Waals surface area contributed by atoms with Crippen LogP contribution in [0.1, 0.15) is 28.4 Å². The SMILES string of the molecule is CCOc1ccccc1Oc1nc(Nc2ccc(N3CCN(C)CC3)c(Cl)c2)ncc1C(=O)Nc1c(C)cccc1C. The number of nitrogens with one attached hydrogen (secondary N) is 2. The minimum Gasteiger partial charge on any atom is -0.490 e. The van der Waals surface area contributed by atoms with Crippen molar-refractivity contribution in [2.45, 2.75) is 20.8 Å². The van der Waals surface area contributed by atoms with Gasteiger partial charge < -0.3 is 29.9 Å². The topological polar surface area (TPSA) is 91.9 Å². The molecular formula is C32H35ClN6O3. The Morgan fingerprint density at radius 3 is 2.38 bits per heavy atom. The molecule has 1 saturated heterocycles. The number of anilines is 4. The van der Waals surface area contributed by atoms with Gasteiger partial charge in [0.1, 0.15) is 5.56 Å². The van der Waals surface area contributed by atoms with Gasteiger partial charge >= 0.3 is 0 Å². The highest BCUT2D eigenvalue weighted by Crippen LogP contribution is 2.34. The summed E-state index contributed by atoms with van der Waals surface area (Å²) in [5, 5.41) is 6.84. The lowest BCUT2D eigenvalue weighted by molar-refractivity contribution is 0.102. The number of amides is 1. The summed E-state index contributed by atoms with van der Waals surface area (Å²) >= 11 is 6.69. The third kappa shape index (κ3) is 6.75. The summed E-state index contributed by atoms with van der Waals surface area (Å²) in [6.07, 6.45) is 1.46. The molecule has 2 heterocycles. The van der Waals surface area contributed by atoms with Gasteiger partial charge in [-0.15, -0.1) is 0 Å². The van der Waals surface area contributed by atoms with Crippen LogP contribution in [0.3, 0.4) is 0 Å². The number of benzene rings is 3. The van der Waals surface area contributed by atoms with Gasteiger partial charge in [0.15, 0.2) is 11.5 Å². The first-order valence-corrected chi connectivity index (χ1v) is 14.3. The van der Waals surface area contributed by atoms with Crippen LogP contribution in [-0.2, 0) is 0 Å². The molecule has 0 saturated carbocycles. The molecule has 0 spiro atoms. The monoisotopic (exact) mass is 586 g/mol. The van der Waals surface area contributed by atoms with E-state index in [1.807, 2.05) is 69.3 Å². The van der Waals surface area contributed by atoms with Crippen molar-refractivity contribution in [3.8, 4) is 17.4 Å². The van der Waals surface area contributed by atoms with Crippen molar-refractivity contribution in [2.24, 2.45) is 0 Å². The first-order chi connectivity index (χ1) is 20.3. The number of hydrogen-bond acceptors (Lipinski definition) is 8. The number of ether oxygens (including phenoxy) is 2. The second kappa shape index (κ2) is 13.1. The largest absolute Gasteiger partial charge is 0.490 e. The number of aromatic nitrogens is 2. The quantitative estimate of drug-likeness (QED) is 0.224. The van der Waals surface area contributed by atoms with Crippen LogP contribution in [0.2, 0.25) is 5.02 Å². The number of para-hydroxylation sites is 3. The van der Waals surface area contributed by atoms with Crippen LogP contribution in [0.25, 0.3) is 0 Å². The van der Waals surface area contributed by atoms with Gasteiger partial charge in [0.2, 0.25) is 11.8 Å². The second-order valence-electron chi connectivity index (χ2n) is 10.2. The number of hydrogen-bond donors (Lipinski definition) is 2. The predicted octanol–water partition coefficient (Wildman–Crippen LogP) is 6.69. The zero-order chi connectivity index (χ0) is 29.6. The van der Waals surface area contributed by atoms with Gasteiger partial charge in [-0.3, -0.25) is 4.79 Å². The van der Waals surface area contributed by atoms with Crippen molar-refractivity contribution < 1.29 is 14.3 Å². The maximum absolute atomic E-state index is 13.5. The highest BCUT2D eigenvalue weighted by molar-refractivity contribution is 6.33. The van der Waals surface area contributed by atoms with Crippen LogP contribution in [0.4, 0.5) is 23.0 Å². The molecule has 1 amide bonds. The Morgan fingerprint density at radius 2 is 1.69 bits per heavy atom. The number of carbonyl (C=O) groups is 1. The fraction of sp³-hybridized carbons (Fsp3) is 0.281. The molecule has 9 nitrogen and oxygen atoms in total. The molecule has 1 aliphatic rings. The summed E-state index contributed by atoms with van der Waals surface area (Å²) in [6.45, 7) is 10.1. The third-order valence-corrected chi connectivity index (χ3v) is 7.42. The van der Waals surface area contributed by atoms with Crippen LogP contribution < -0.4 is 25.0 Å². The van der Waals surface area contributed by atoms with Gasteiger partial charge in [0, 0.05) is 43.8 Å². The molecule has 218 valence electrons. The summed E-state index contributed by atoms with van der Waals surface area (Å²) in [5.74, 6) is 0.932. The van der Waals surface area contributed by atoms with Crippen molar-refractivity contribution in [3.05, 3.63) is 88.6 Å². The number of likely N-dealkylation sites (N-methyl/N-ethyl adjacent to an activating group) is 1. The van der Waals surface area contributed by atoms with Crippen molar-refractivity contribution in [3.63, 3.8) is 0 Å². The minimum atomic E-state index is -0.387. The first-order valence-electron chi connectivity index (χ1n) is 14.0. The number of rotatable bonds is 9. The van der Waals surface area contributed by atoms with E-state index in [0.717, 1.165) is 48.7 Å². The molecule has 0 radical (unpaired) electrons. The zero-order valence-corrected chi connectivity index (χ0v) is 25.0. The fourth-order valence-electron chi connectivity index (χ4n) is 4.78. The van der Waals surface area contributed by atoms with Crippen LogP contribution >= 0.6 is 11.6 Å². The van der Waals surface area contributed by atoms with Crippen LogP contribution in [-0.4, -0.2) is 60.6 Å². The van der Waals surface area contributed by atoms with E-state index in [2.05, 4.69) is 37.4 Å². The summed E-state index contributed by atoms with van der Waals surface area (Å²) in [4.78, 5) is 27.1. The zero-order valence-electron chi connectivity index (χ0n) is 24.3. The Hall–Kier alpha value is -4.34. The Kier molecular flexibility index (Phi) is 9.09. The van der Waals surface area contributed by atoms with Crippen LogP contribution in [0.5, 0.6) is 17.4 Å². The van der Waals surface area contributed by atoms with E-state index in [4.69, 9.17) is 21.1 Å². The molecule has 0 unspecified atom stereocenters. The summed E-state index contributed by atoms with van der Waals surface area (Å²) < 4.78 is 11.9. The van der Waals surface area contributed by atoms with Gasteiger partial charge in [-0.05, 0) is 69.3 Å². The predicted molar refractivity (Wildman–Crippen MR) is 168 cm³/mol. The standard InChI is InChI=1S/C32H35ClN6O3/c1-5-41-27-11-6-7-12-28(27)42-31-24(30(40)36-29-21(2)9-8-10-22(29)3)20-34-32(37-31)35-23-13-14-26(25(33)19-23)39-17-15-38(4)16-18-39/h6-14,19-20H,5,15-18H2,1-4H3,(H,36,40)(H,34,35,37). The molecule has 10 heteroatoms. The molecule has 42 heavy (non-hydrogen) atoms. The van der Waals surface area contributed by atoms with Gasteiger partial charge in [0.25, 0.3) is 5.91 Å². The Morgan fingerprint density at radius 1 is 0.976 bits per heavy atom. The van der Waals surface area contributed by atoms with E-state index in [1.165, 1.54) is 6.20 Å². The van der Waals surface area contributed by atoms with E-state index in [-0.39, 0.29) is 23.3 Å². The molecular weight excluding hydrogens is 552 g/mol. The lowest BCUT2D eigenvalue weighted by atomic mass is 10.1. The van der Waals surface area contributed by atoms with Crippen molar-refractivity contribution in [1.82, 2.24) is 14.9 Å². The Bertz CT molecular complexity index is 1550. The molecule has 4 aromatic rings. The van der Waals surface area contributed by atoms with Crippen LogP contribution in [0, 0.1) is 13.8 Å². The second-order valence-corrected chi connectivity index (χ2v) is 10.6. The number of halogens is 1. The van der Waals surface area contributed by atoms with Crippen LogP contribution in [0.15, 0.2) is 66.9 Å². The average Bonchev–Trinajstić information content (AvgIpc) is 2.97. The Balaban J connectivity index is 1.44. The third-order valence-electron chi connectivity index (χ3n) is 7.12. The van der Waals surface area contributed by atoms with E-state index in [1.54, 1.807) is 12.1 Å². The highest BCUT2D eigenvalue weighted by atomic mass is 35.5. The summed E-state index contributed by atoms with van der Waals surface area (Å²) in [5.41, 5.74) is 4.52. The van der Waals surface area contributed by atoms with E-state index in [0.29, 0.717) is 28.8 Å². The molecule has 1 fully saturated rings. The summed E-state index contributed by atoms with van der Waals surface area (Å²) in [7, 11) is 2.12. The summed E-state index contributed by atoms with van der Waals surface area (Å²) in [6, 6.07) is 18.9. The molecule has 1 aliphatic heterocycles. The number of carbonyl (C=O) groups excluding carboxylic acids is 1. The van der Waals surface area contributed by atoms with Crippen molar-refractivity contribution in [1.29, 1.82) is 0 Å². The van der Waals surface area contributed by atoms with Gasteiger partial charge in [0.05, 0.1) is 17.3 Å². The smallest absolute Gasteiger partial charge is 0.262 e. The highest BCUT2D eigenvalue weighted by Gasteiger charge is 2.21. The number of aryl methyl sites for hydroxylation is 2. The fourth-order valence-corrected chi connectivity index (χ4v) is 5.08. The lowest BCUT2D eigenvalue weighted by Gasteiger charge is -2.34. The molecule has 2 N–H and O–H groups in total. The minimum absolute atomic E-state index is 0.0866. The Labute approximate surface area is 251 Å². The first kappa shape index (κ1) is 29.2. The number of nitrogens with zero attached hydrogens (tertiary/aromatic N) is 4.